The predicted molar refractivity (Wildman–Crippen MR) is 74.8 cm³/mol. The summed E-state index contributed by atoms with van der Waals surface area (Å²) in [5.41, 5.74) is 5.85. The number of nitrogens with one attached hydrogen (secondary N) is 1. The Balaban J connectivity index is 2.15. The quantitative estimate of drug-likeness (QED) is 0.637. The number of hydrogen-bond donors (Lipinski definition) is 2. The van der Waals surface area contributed by atoms with Crippen LogP contribution < -0.4 is 11.3 Å². The zero-order valence-corrected chi connectivity index (χ0v) is 11.9. The molecule has 1 aliphatic rings. The van der Waals surface area contributed by atoms with E-state index in [4.69, 9.17) is 5.84 Å². The van der Waals surface area contributed by atoms with Crippen LogP contribution in [0.3, 0.4) is 0 Å². The SMILES string of the molecule is Cc1cscc1C(NN)C1CC(C)CC(C)C1. The zero-order chi connectivity index (χ0) is 12.4. The highest BCUT2D eigenvalue weighted by atomic mass is 32.1. The molecule has 0 radical (unpaired) electrons. The third-order valence-electron chi connectivity index (χ3n) is 4.10. The van der Waals surface area contributed by atoms with Gasteiger partial charge in [-0.2, -0.15) is 11.3 Å². The van der Waals surface area contributed by atoms with E-state index in [-0.39, 0.29) is 0 Å². The average molecular weight is 252 g/mol. The van der Waals surface area contributed by atoms with Crippen LogP contribution in [0.1, 0.15) is 50.3 Å². The van der Waals surface area contributed by atoms with Crippen molar-refractivity contribution in [1.82, 2.24) is 5.43 Å². The molecule has 2 nitrogen and oxygen atoms in total. The molecule has 2 rings (SSSR count). The van der Waals surface area contributed by atoms with Crippen molar-refractivity contribution < 1.29 is 0 Å². The topological polar surface area (TPSA) is 38.0 Å². The summed E-state index contributed by atoms with van der Waals surface area (Å²) in [4.78, 5) is 0. The van der Waals surface area contributed by atoms with Gasteiger partial charge in [0.15, 0.2) is 0 Å². The fraction of sp³-hybridized carbons (Fsp3) is 0.714. The summed E-state index contributed by atoms with van der Waals surface area (Å²) in [6, 6.07) is 0.339. The lowest BCUT2D eigenvalue weighted by Crippen LogP contribution is -2.37. The Labute approximate surface area is 109 Å². The molecule has 96 valence electrons. The maximum absolute atomic E-state index is 5.81. The van der Waals surface area contributed by atoms with E-state index in [0.29, 0.717) is 12.0 Å². The Morgan fingerprint density at radius 3 is 2.35 bits per heavy atom. The van der Waals surface area contributed by atoms with E-state index in [9.17, 15) is 0 Å². The summed E-state index contributed by atoms with van der Waals surface area (Å²) in [5.74, 6) is 8.16. The normalized spacial score (nSPS) is 31.4. The molecule has 1 aromatic rings. The van der Waals surface area contributed by atoms with Crippen LogP contribution in [0, 0.1) is 24.7 Å². The van der Waals surface area contributed by atoms with Crippen molar-refractivity contribution in [1.29, 1.82) is 0 Å². The molecule has 1 aliphatic carbocycles. The Morgan fingerprint density at radius 1 is 1.24 bits per heavy atom. The molecular formula is C14H24N2S. The molecule has 0 saturated heterocycles. The summed E-state index contributed by atoms with van der Waals surface area (Å²) in [6.45, 7) is 6.93. The summed E-state index contributed by atoms with van der Waals surface area (Å²) in [7, 11) is 0. The van der Waals surface area contributed by atoms with Crippen LogP contribution in [0.15, 0.2) is 10.8 Å². The Kier molecular flexibility index (Phi) is 4.23. The Morgan fingerprint density at radius 2 is 1.88 bits per heavy atom. The number of rotatable bonds is 3. The lowest BCUT2D eigenvalue weighted by atomic mass is 9.72. The lowest BCUT2D eigenvalue weighted by Gasteiger charge is -2.36. The first kappa shape index (κ1) is 13.1. The Hall–Kier alpha value is -0.380. The Bertz CT molecular complexity index is 351. The minimum atomic E-state index is 0.339. The smallest absolute Gasteiger partial charge is 0.0499 e. The van der Waals surface area contributed by atoms with Crippen LogP contribution in [0.25, 0.3) is 0 Å². The fourth-order valence-electron chi connectivity index (χ4n) is 3.45. The average Bonchev–Trinajstić information content (AvgIpc) is 2.65. The van der Waals surface area contributed by atoms with Crippen LogP contribution in [0.4, 0.5) is 0 Å². The van der Waals surface area contributed by atoms with Crippen molar-refractivity contribution >= 4 is 11.3 Å². The van der Waals surface area contributed by atoms with E-state index < -0.39 is 0 Å². The van der Waals surface area contributed by atoms with E-state index in [2.05, 4.69) is 37.0 Å². The first-order valence-corrected chi connectivity index (χ1v) is 7.55. The van der Waals surface area contributed by atoms with E-state index in [1.165, 1.54) is 30.4 Å². The van der Waals surface area contributed by atoms with Gasteiger partial charge >= 0.3 is 0 Å². The summed E-state index contributed by atoms with van der Waals surface area (Å²) < 4.78 is 0. The third kappa shape index (κ3) is 2.90. The van der Waals surface area contributed by atoms with E-state index in [1.54, 1.807) is 11.3 Å². The second kappa shape index (κ2) is 5.51. The number of nitrogens with two attached hydrogens (primary N) is 1. The molecule has 1 saturated carbocycles. The van der Waals surface area contributed by atoms with Gasteiger partial charge in [-0.3, -0.25) is 11.3 Å². The molecule has 1 fully saturated rings. The standard InChI is InChI=1S/C14H24N2S/c1-9-4-10(2)6-12(5-9)14(16-15)13-8-17-7-11(13)3/h7-10,12,14,16H,4-6,15H2,1-3H3. The van der Waals surface area contributed by atoms with Gasteiger partial charge in [-0.1, -0.05) is 13.8 Å². The van der Waals surface area contributed by atoms with Crippen molar-refractivity contribution in [3.05, 3.63) is 21.9 Å². The zero-order valence-electron chi connectivity index (χ0n) is 11.1. The molecule has 0 bridgehead atoms. The second-order valence-corrected chi connectivity index (χ2v) is 6.58. The van der Waals surface area contributed by atoms with Gasteiger partial charge in [0.1, 0.15) is 0 Å². The van der Waals surface area contributed by atoms with E-state index >= 15 is 0 Å². The highest BCUT2D eigenvalue weighted by molar-refractivity contribution is 7.08. The maximum Gasteiger partial charge on any atom is 0.0499 e. The summed E-state index contributed by atoms with van der Waals surface area (Å²) in [5, 5.41) is 4.47. The van der Waals surface area contributed by atoms with Crippen LogP contribution in [0.2, 0.25) is 0 Å². The molecule has 3 N–H and O–H groups in total. The van der Waals surface area contributed by atoms with Crippen LogP contribution in [-0.2, 0) is 0 Å². The van der Waals surface area contributed by atoms with E-state index in [0.717, 1.165) is 11.8 Å². The summed E-state index contributed by atoms with van der Waals surface area (Å²) >= 11 is 1.78. The largest absolute Gasteiger partial charge is 0.271 e. The van der Waals surface area contributed by atoms with Crippen molar-refractivity contribution in [3.8, 4) is 0 Å². The first-order chi connectivity index (χ1) is 8.11. The van der Waals surface area contributed by atoms with Gasteiger partial charge in [-0.25, -0.2) is 0 Å². The van der Waals surface area contributed by atoms with E-state index in [1.807, 2.05) is 0 Å². The molecule has 3 heteroatoms. The second-order valence-electron chi connectivity index (χ2n) is 5.83. The summed E-state index contributed by atoms with van der Waals surface area (Å²) in [6.07, 6.45) is 3.97. The minimum Gasteiger partial charge on any atom is -0.271 e. The molecule has 0 aliphatic heterocycles. The molecule has 3 unspecified atom stereocenters. The van der Waals surface area contributed by atoms with Crippen LogP contribution in [0.5, 0.6) is 0 Å². The molecular weight excluding hydrogens is 228 g/mol. The van der Waals surface area contributed by atoms with Crippen molar-refractivity contribution in [2.45, 2.75) is 46.1 Å². The molecule has 0 amide bonds. The number of aryl methyl sites for hydroxylation is 1. The number of thiophene rings is 1. The van der Waals surface area contributed by atoms with Crippen molar-refractivity contribution in [3.63, 3.8) is 0 Å². The van der Waals surface area contributed by atoms with Gasteiger partial charge in [-0.05, 0) is 65.8 Å². The predicted octanol–water partition coefficient (Wildman–Crippen LogP) is 3.63. The molecule has 0 spiro atoms. The van der Waals surface area contributed by atoms with Crippen molar-refractivity contribution in [2.24, 2.45) is 23.6 Å². The highest BCUT2D eigenvalue weighted by Crippen LogP contribution is 2.40. The first-order valence-electron chi connectivity index (χ1n) is 6.60. The molecule has 0 aromatic carbocycles. The number of hydrazine groups is 1. The van der Waals surface area contributed by atoms with Crippen LogP contribution >= 0.6 is 11.3 Å². The maximum atomic E-state index is 5.81. The van der Waals surface area contributed by atoms with Gasteiger partial charge in [0.05, 0.1) is 0 Å². The fourth-order valence-corrected chi connectivity index (χ4v) is 4.34. The highest BCUT2D eigenvalue weighted by Gasteiger charge is 2.31. The van der Waals surface area contributed by atoms with Crippen LogP contribution in [-0.4, -0.2) is 0 Å². The van der Waals surface area contributed by atoms with Gasteiger partial charge in [-0.15, -0.1) is 0 Å². The lowest BCUT2D eigenvalue weighted by molar-refractivity contribution is 0.177. The minimum absolute atomic E-state index is 0.339. The molecule has 1 aromatic heterocycles. The number of hydrogen-bond acceptors (Lipinski definition) is 3. The van der Waals surface area contributed by atoms with Gasteiger partial charge in [0.2, 0.25) is 0 Å². The monoisotopic (exact) mass is 252 g/mol. The molecule has 1 heterocycles. The third-order valence-corrected chi connectivity index (χ3v) is 4.98. The molecule has 17 heavy (non-hydrogen) atoms. The van der Waals surface area contributed by atoms with Gasteiger partial charge < -0.3 is 0 Å². The van der Waals surface area contributed by atoms with Gasteiger partial charge in [0, 0.05) is 6.04 Å². The molecule has 3 atom stereocenters. The van der Waals surface area contributed by atoms with Gasteiger partial charge in [0.25, 0.3) is 0 Å². The van der Waals surface area contributed by atoms with Crippen molar-refractivity contribution in [2.75, 3.05) is 0 Å².